The lowest BCUT2D eigenvalue weighted by molar-refractivity contribution is -0.129. The van der Waals surface area contributed by atoms with Crippen molar-refractivity contribution in [3.05, 3.63) is 71.9 Å². The second-order valence-corrected chi connectivity index (χ2v) is 9.20. The van der Waals surface area contributed by atoms with Crippen molar-refractivity contribution in [3.63, 3.8) is 0 Å². The maximum atomic E-state index is 11.7. The van der Waals surface area contributed by atoms with Gasteiger partial charge in [0.15, 0.2) is 0 Å². The van der Waals surface area contributed by atoms with Crippen LogP contribution in [0, 0.1) is 20.8 Å². The standard InChI is InChI=1S/C28H33N7O2/c1-6-26(37)30-22-8-7-9-23(16-22)31-27-20(4)17-29-28(33-27)32-24-14-19(3)25(15-18(24)2)35-12-10-34(11-13-35)21(5)36/h6-9,14-17H,1,10-13H2,2-5H3,(H,30,37)(H2,29,31,32,33). The van der Waals surface area contributed by atoms with Crippen LogP contribution in [0.3, 0.4) is 0 Å². The third-order valence-electron chi connectivity index (χ3n) is 6.41. The molecule has 9 heteroatoms. The Morgan fingerprint density at radius 1 is 0.946 bits per heavy atom. The molecule has 0 radical (unpaired) electrons. The summed E-state index contributed by atoms with van der Waals surface area (Å²) in [6.07, 6.45) is 3.00. The summed E-state index contributed by atoms with van der Waals surface area (Å²) >= 11 is 0. The lowest BCUT2D eigenvalue weighted by Crippen LogP contribution is -2.48. The summed E-state index contributed by atoms with van der Waals surface area (Å²) in [4.78, 5) is 36.7. The van der Waals surface area contributed by atoms with Crippen LogP contribution < -0.4 is 20.9 Å². The van der Waals surface area contributed by atoms with E-state index < -0.39 is 0 Å². The molecule has 2 amide bonds. The van der Waals surface area contributed by atoms with Gasteiger partial charge in [-0.3, -0.25) is 9.59 Å². The molecule has 0 bridgehead atoms. The van der Waals surface area contributed by atoms with E-state index in [1.807, 2.05) is 36.1 Å². The van der Waals surface area contributed by atoms with Gasteiger partial charge in [0.25, 0.3) is 0 Å². The monoisotopic (exact) mass is 499 g/mol. The van der Waals surface area contributed by atoms with Gasteiger partial charge < -0.3 is 25.8 Å². The highest BCUT2D eigenvalue weighted by molar-refractivity contribution is 5.99. The Morgan fingerprint density at radius 2 is 1.68 bits per heavy atom. The van der Waals surface area contributed by atoms with Crippen LogP contribution in [0.5, 0.6) is 0 Å². The average molecular weight is 500 g/mol. The van der Waals surface area contributed by atoms with Crippen LogP contribution >= 0.6 is 0 Å². The first-order valence-electron chi connectivity index (χ1n) is 12.3. The zero-order valence-electron chi connectivity index (χ0n) is 21.8. The minimum Gasteiger partial charge on any atom is -0.368 e. The number of amides is 2. The van der Waals surface area contributed by atoms with E-state index in [4.69, 9.17) is 4.98 Å². The van der Waals surface area contributed by atoms with Crippen molar-refractivity contribution in [2.45, 2.75) is 27.7 Å². The van der Waals surface area contributed by atoms with Gasteiger partial charge in [-0.15, -0.1) is 0 Å². The molecular weight excluding hydrogens is 466 g/mol. The minimum atomic E-state index is -0.267. The highest BCUT2D eigenvalue weighted by atomic mass is 16.2. The zero-order valence-corrected chi connectivity index (χ0v) is 21.8. The molecule has 1 saturated heterocycles. The van der Waals surface area contributed by atoms with Gasteiger partial charge in [0.05, 0.1) is 0 Å². The van der Waals surface area contributed by atoms with E-state index in [0.29, 0.717) is 17.5 Å². The third-order valence-corrected chi connectivity index (χ3v) is 6.41. The largest absolute Gasteiger partial charge is 0.368 e. The molecule has 1 aliphatic rings. The first kappa shape index (κ1) is 25.7. The Labute approximate surface area is 217 Å². The van der Waals surface area contributed by atoms with Crippen LogP contribution in [0.15, 0.2) is 55.3 Å². The molecule has 0 aliphatic carbocycles. The number of carbonyl (C=O) groups is 2. The molecule has 1 aromatic heterocycles. The number of nitrogens with zero attached hydrogens (tertiary/aromatic N) is 4. The predicted octanol–water partition coefficient (Wildman–Crippen LogP) is 4.68. The minimum absolute atomic E-state index is 0.131. The number of aromatic nitrogens is 2. The van der Waals surface area contributed by atoms with Gasteiger partial charge in [0.1, 0.15) is 5.82 Å². The van der Waals surface area contributed by atoms with Gasteiger partial charge in [-0.05, 0) is 68.3 Å². The van der Waals surface area contributed by atoms with Crippen molar-refractivity contribution in [2.75, 3.05) is 47.0 Å². The number of aryl methyl sites for hydroxylation is 3. The first-order chi connectivity index (χ1) is 17.7. The van der Waals surface area contributed by atoms with E-state index in [-0.39, 0.29) is 11.8 Å². The lowest BCUT2D eigenvalue weighted by Gasteiger charge is -2.36. The quantitative estimate of drug-likeness (QED) is 0.406. The number of benzene rings is 2. The molecule has 3 N–H and O–H groups in total. The van der Waals surface area contributed by atoms with Crippen molar-refractivity contribution < 1.29 is 9.59 Å². The predicted molar refractivity (Wildman–Crippen MR) is 149 cm³/mol. The number of nitrogens with one attached hydrogen (secondary N) is 3. The first-order valence-corrected chi connectivity index (χ1v) is 12.3. The molecule has 2 aromatic carbocycles. The van der Waals surface area contributed by atoms with Gasteiger partial charge >= 0.3 is 0 Å². The molecule has 0 saturated carbocycles. The van der Waals surface area contributed by atoms with Gasteiger partial charge in [0, 0.05) is 67.6 Å². The van der Waals surface area contributed by atoms with Crippen LogP contribution in [-0.4, -0.2) is 52.9 Å². The fraction of sp³-hybridized carbons (Fsp3) is 0.286. The smallest absolute Gasteiger partial charge is 0.247 e. The summed E-state index contributed by atoms with van der Waals surface area (Å²) in [6, 6.07) is 11.7. The molecule has 1 fully saturated rings. The molecule has 9 nitrogen and oxygen atoms in total. The molecule has 0 unspecified atom stereocenters. The second kappa shape index (κ2) is 11.1. The highest BCUT2D eigenvalue weighted by Gasteiger charge is 2.20. The molecular formula is C28H33N7O2. The van der Waals surface area contributed by atoms with E-state index in [0.717, 1.165) is 54.2 Å². The molecule has 37 heavy (non-hydrogen) atoms. The second-order valence-electron chi connectivity index (χ2n) is 9.20. The number of piperazine rings is 1. The maximum absolute atomic E-state index is 11.7. The summed E-state index contributed by atoms with van der Waals surface area (Å²) < 4.78 is 0. The van der Waals surface area contributed by atoms with Crippen molar-refractivity contribution in [2.24, 2.45) is 0 Å². The van der Waals surface area contributed by atoms with Crippen molar-refractivity contribution in [1.82, 2.24) is 14.9 Å². The fourth-order valence-corrected chi connectivity index (χ4v) is 4.29. The van der Waals surface area contributed by atoms with E-state index in [1.54, 1.807) is 13.1 Å². The van der Waals surface area contributed by atoms with Crippen LogP contribution in [0.4, 0.5) is 34.5 Å². The van der Waals surface area contributed by atoms with Gasteiger partial charge in [-0.25, -0.2) is 4.98 Å². The number of carbonyl (C=O) groups excluding carboxylic acids is 2. The molecule has 0 spiro atoms. The molecule has 1 aliphatic heterocycles. The van der Waals surface area contributed by atoms with Gasteiger partial charge in [0.2, 0.25) is 17.8 Å². The fourth-order valence-electron chi connectivity index (χ4n) is 4.29. The summed E-state index contributed by atoms with van der Waals surface area (Å²) in [6.45, 7) is 14.3. The van der Waals surface area contributed by atoms with E-state index in [1.165, 1.54) is 11.8 Å². The lowest BCUT2D eigenvalue weighted by atomic mass is 10.1. The molecule has 192 valence electrons. The number of hydrogen-bond acceptors (Lipinski definition) is 7. The third kappa shape index (κ3) is 6.24. The van der Waals surface area contributed by atoms with Crippen LogP contribution in [0.1, 0.15) is 23.6 Å². The normalized spacial score (nSPS) is 13.2. The van der Waals surface area contributed by atoms with Crippen LogP contribution in [0.25, 0.3) is 0 Å². The van der Waals surface area contributed by atoms with Crippen molar-refractivity contribution in [1.29, 1.82) is 0 Å². The summed E-state index contributed by atoms with van der Waals surface area (Å²) in [5.41, 5.74) is 6.69. The van der Waals surface area contributed by atoms with E-state index in [9.17, 15) is 9.59 Å². The number of anilines is 6. The Bertz CT molecular complexity index is 1330. The Balaban J connectivity index is 1.49. The summed E-state index contributed by atoms with van der Waals surface area (Å²) in [5.74, 6) is 1.01. The van der Waals surface area contributed by atoms with Gasteiger partial charge in [-0.1, -0.05) is 12.6 Å². The zero-order chi connectivity index (χ0) is 26.5. The molecule has 4 rings (SSSR count). The topological polar surface area (TPSA) is 102 Å². The molecule has 2 heterocycles. The summed E-state index contributed by atoms with van der Waals surface area (Å²) in [5, 5.41) is 9.44. The van der Waals surface area contributed by atoms with E-state index >= 15 is 0 Å². The van der Waals surface area contributed by atoms with Crippen molar-refractivity contribution in [3.8, 4) is 0 Å². The van der Waals surface area contributed by atoms with Crippen LogP contribution in [-0.2, 0) is 9.59 Å². The van der Waals surface area contributed by atoms with Gasteiger partial charge in [-0.2, -0.15) is 4.98 Å². The highest BCUT2D eigenvalue weighted by Crippen LogP contribution is 2.30. The number of hydrogen-bond donors (Lipinski definition) is 3. The Kier molecular flexibility index (Phi) is 7.71. The SMILES string of the molecule is C=CC(=O)Nc1cccc(Nc2nc(Nc3cc(C)c(N4CCN(C(C)=O)CC4)cc3C)ncc2C)c1. The van der Waals surface area contributed by atoms with Crippen molar-refractivity contribution >= 4 is 46.3 Å². The average Bonchev–Trinajstić information content (AvgIpc) is 2.88. The molecule has 3 aromatic rings. The summed E-state index contributed by atoms with van der Waals surface area (Å²) in [7, 11) is 0. The Morgan fingerprint density at radius 3 is 2.38 bits per heavy atom. The van der Waals surface area contributed by atoms with Crippen LogP contribution in [0.2, 0.25) is 0 Å². The molecule has 0 atom stereocenters. The maximum Gasteiger partial charge on any atom is 0.247 e. The Hall–Kier alpha value is -4.40. The van der Waals surface area contributed by atoms with E-state index in [2.05, 4.69) is 58.4 Å². The number of rotatable bonds is 7.